The van der Waals surface area contributed by atoms with Crippen molar-refractivity contribution in [2.75, 3.05) is 23.7 Å². The smallest absolute Gasteiger partial charge is 0.244 e. The molecule has 0 fully saturated rings. The SMILES string of the molecule is CCNC(=O)C(C)N(Cc1cccc(Br)c1)C(=O)CN(c1cccc(Cl)c1)S(C)(=O)=O. The quantitative estimate of drug-likeness (QED) is 0.538. The first-order valence-corrected chi connectivity index (χ1v) is 12.6. The number of hydrogen-bond acceptors (Lipinski definition) is 4. The van der Waals surface area contributed by atoms with Gasteiger partial charge in [0, 0.05) is 22.6 Å². The summed E-state index contributed by atoms with van der Waals surface area (Å²) in [6, 6.07) is 12.8. The standard InChI is InChI=1S/C21H25BrClN3O4S/c1-4-24-21(28)15(2)25(13-16-7-5-8-17(22)11-16)20(27)14-26(31(3,29)30)19-10-6-9-18(23)12-19/h5-12,15H,4,13-14H2,1-3H3,(H,24,28). The summed E-state index contributed by atoms with van der Waals surface area (Å²) < 4.78 is 26.7. The highest BCUT2D eigenvalue weighted by molar-refractivity contribution is 9.10. The lowest BCUT2D eigenvalue weighted by molar-refractivity contribution is -0.139. The van der Waals surface area contributed by atoms with Crippen LogP contribution in [0.25, 0.3) is 0 Å². The summed E-state index contributed by atoms with van der Waals surface area (Å²) in [4.78, 5) is 27.1. The number of carbonyl (C=O) groups is 2. The Labute approximate surface area is 196 Å². The molecule has 0 bridgehead atoms. The van der Waals surface area contributed by atoms with Crippen LogP contribution in [0.4, 0.5) is 5.69 Å². The normalized spacial score (nSPS) is 12.2. The molecule has 1 unspecified atom stereocenters. The number of likely N-dealkylation sites (N-methyl/N-ethyl adjacent to an activating group) is 1. The van der Waals surface area contributed by atoms with Crippen LogP contribution in [-0.2, 0) is 26.2 Å². The van der Waals surface area contributed by atoms with Gasteiger partial charge in [-0.3, -0.25) is 13.9 Å². The van der Waals surface area contributed by atoms with Crippen LogP contribution in [0, 0.1) is 0 Å². The van der Waals surface area contributed by atoms with Gasteiger partial charge in [-0.1, -0.05) is 45.7 Å². The van der Waals surface area contributed by atoms with Crippen molar-refractivity contribution in [1.29, 1.82) is 0 Å². The first kappa shape index (κ1) is 25.2. The number of amides is 2. The van der Waals surface area contributed by atoms with Crippen LogP contribution in [0.15, 0.2) is 53.0 Å². The Kier molecular flexibility index (Phi) is 8.90. The van der Waals surface area contributed by atoms with Crippen LogP contribution >= 0.6 is 27.5 Å². The molecule has 1 atom stereocenters. The van der Waals surface area contributed by atoms with Gasteiger partial charge in [-0.15, -0.1) is 0 Å². The first-order valence-electron chi connectivity index (χ1n) is 9.57. The van der Waals surface area contributed by atoms with Crippen LogP contribution in [0.2, 0.25) is 5.02 Å². The molecule has 2 aromatic rings. The minimum absolute atomic E-state index is 0.143. The Morgan fingerprint density at radius 1 is 1.16 bits per heavy atom. The Morgan fingerprint density at radius 2 is 1.84 bits per heavy atom. The zero-order valence-corrected chi connectivity index (χ0v) is 20.7. The van der Waals surface area contributed by atoms with E-state index in [1.165, 1.54) is 11.0 Å². The molecule has 0 radical (unpaired) electrons. The largest absolute Gasteiger partial charge is 0.355 e. The van der Waals surface area contributed by atoms with Crippen LogP contribution in [0.1, 0.15) is 19.4 Å². The van der Waals surface area contributed by atoms with E-state index in [1.54, 1.807) is 32.0 Å². The van der Waals surface area contributed by atoms with E-state index in [1.807, 2.05) is 24.3 Å². The summed E-state index contributed by atoms with van der Waals surface area (Å²) in [5.74, 6) is -0.830. The monoisotopic (exact) mass is 529 g/mol. The second-order valence-electron chi connectivity index (χ2n) is 6.97. The molecule has 7 nitrogen and oxygen atoms in total. The highest BCUT2D eigenvalue weighted by Crippen LogP contribution is 2.23. The van der Waals surface area contributed by atoms with Crippen molar-refractivity contribution >= 4 is 55.1 Å². The maximum absolute atomic E-state index is 13.3. The average molecular weight is 531 g/mol. The minimum Gasteiger partial charge on any atom is -0.355 e. The third kappa shape index (κ3) is 7.22. The molecule has 0 saturated carbocycles. The van der Waals surface area contributed by atoms with E-state index in [4.69, 9.17) is 11.6 Å². The zero-order chi connectivity index (χ0) is 23.2. The summed E-state index contributed by atoms with van der Waals surface area (Å²) in [6.45, 7) is 3.50. The molecule has 1 N–H and O–H groups in total. The van der Waals surface area contributed by atoms with E-state index in [0.717, 1.165) is 20.6 Å². The van der Waals surface area contributed by atoms with Crippen molar-refractivity contribution in [3.8, 4) is 0 Å². The fourth-order valence-electron chi connectivity index (χ4n) is 2.98. The number of benzene rings is 2. The molecule has 0 saturated heterocycles. The van der Waals surface area contributed by atoms with Crippen LogP contribution < -0.4 is 9.62 Å². The van der Waals surface area contributed by atoms with Gasteiger partial charge in [-0.05, 0) is 49.7 Å². The van der Waals surface area contributed by atoms with Crippen molar-refractivity contribution in [3.63, 3.8) is 0 Å². The van der Waals surface area contributed by atoms with Gasteiger partial charge in [-0.25, -0.2) is 8.42 Å². The molecule has 0 aliphatic rings. The Balaban J connectivity index is 2.38. The van der Waals surface area contributed by atoms with E-state index in [9.17, 15) is 18.0 Å². The van der Waals surface area contributed by atoms with Crippen molar-refractivity contribution in [3.05, 3.63) is 63.6 Å². The van der Waals surface area contributed by atoms with Gasteiger partial charge in [0.15, 0.2) is 0 Å². The molecular weight excluding hydrogens is 506 g/mol. The number of hydrogen-bond donors (Lipinski definition) is 1. The number of sulfonamides is 1. The molecule has 31 heavy (non-hydrogen) atoms. The highest BCUT2D eigenvalue weighted by Gasteiger charge is 2.30. The highest BCUT2D eigenvalue weighted by atomic mass is 79.9. The second kappa shape index (κ2) is 11.0. The summed E-state index contributed by atoms with van der Waals surface area (Å²) in [5.41, 5.74) is 1.07. The summed E-state index contributed by atoms with van der Waals surface area (Å²) in [6.07, 6.45) is 1.02. The molecule has 2 amide bonds. The van der Waals surface area contributed by atoms with E-state index in [-0.39, 0.29) is 18.1 Å². The van der Waals surface area contributed by atoms with Gasteiger partial charge in [0.1, 0.15) is 12.6 Å². The Morgan fingerprint density at radius 3 is 2.42 bits per heavy atom. The van der Waals surface area contributed by atoms with E-state index < -0.39 is 28.5 Å². The van der Waals surface area contributed by atoms with Crippen molar-refractivity contribution < 1.29 is 18.0 Å². The first-order chi connectivity index (χ1) is 14.5. The molecule has 0 aliphatic heterocycles. The van der Waals surface area contributed by atoms with Gasteiger partial charge in [0.2, 0.25) is 21.8 Å². The van der Waals surface area contributed by atoms with Crippen molar-refractivity contribution in [2.45, 2.75) is 26.4 Å². The Hall–Kier alpha value is -2.10. The van der Waals surface area contributed by atoms with Crippen molar-refractivity contribution in [1.82, 2.24) is 10.2 Å². The topological polar surface area (TPSA) is 86.8 Å². The summed E-state index contributed by atoms with van der Waals surface area (Å²) >= 11 is 9.41. The lowest BCUT2D eigenvalue weighted by Crippen LogP contribution is -2.51. The molecule has 0 spiro atoms. The van der Waals surface area contributed by atoms with E-state index in [0.29, 0.717) is 11.6 Å². The lowest BCUT2D eigenvalue weighted by Gasteiger charge is -2.31. The minimum atomic E-state index is -3.78. The molecule has 10 heteroatoms. The van der Waals surface area contributed by atoms with Gasteiger partial charge < -0.3 is 10.2 Å². The molecule has 2 aromatic carbocycles. The maximum atomic E-state index is 13.3. The van der Waals surface area contributed by atoms with E-state index in [2.05, 4.69) is 21.2 Å². The number of nitrogens with one attached hydrogen (secondary N) is 1. The lowest BCUT2D eigenvalue weighted by atomic mass is 10.1. The zero-order valence-electron chi connectivity index (χ0n) is 17.5. The van der Waals surface area contributed by atoms with Crippen LogP contribution in [0.3, 0.4) is 0 Å². The molecule has 0 heterocycles. The fraction of sp³-hybridized carbons (Fsp3) is 0.333. The van der Waals surface area contributed by atoms with E-state index >= 15 is 0 Å². The third-order valence-electron chi connectivity index (χ3n) is 4.54. The van der Waals surface area contributed by atoms with Gasteiger partial charge in [-0.2, -0.15) is 0 Å². The van der Waals surface area contributed by atoms with Gasteiger partial charge >= 0.3 is 0 Å². The van der Waals surface area contributed by atoms with Crippen LogP contribution in [-0.4, -0.2) is 50.5 Å². The number of anilines is 1. The van der Waals surface area contributed by atoms with Gasteiger partial charge in [0.05, 0.1) is 11.9 Å². The molecule has 2 rings (SSSR count). The maximum Gasteiger partial charge on any atom is 0.244 e. The molecule has 168 valence electrons. The Bertz CT molecular complexity index is 1050. The number of rotatable bonds is 9. The number of carbonyl (C=O) groups excluding carboxylic acids is 2. The second-order valence-corrected chi connectivity index (χ2v) is 10.2. The number of halogens is 2. The third-order valence-corrected chi connectivity index (χ3v) is 6.40. The van der Waals surface area contributed by atoms with Crippen LogP contribution in [0.5, 0.6) is 0 Å². The molecular formula is C21H25BrClN3O4S. The summed E-state index contributed by atoms with van der Waals surface area (Å²) in [5, 5.41) is 3.06. The fourth-order valence-corrected chi connectivity index (χ4v) is 4.45. The van der Waals surface area contributed by atoms with Crippen molar-refractivity contribution in [2.24, 2.45) is 0 Å². The number of nitrogens with zero attached hydrogens (tertiary/aromatic N) is 2. The predicted octanol–water partition coefficient (Wildman–Crippen LogP) is 3.42. The summed E-state index contributed by atoms with van der Waals surface area (Å²) in [7, 11) is -3.78. The van der Waals surface area contributed by atoms with Gasteiger partial charge in [0.25, 0.3) is 0 Å². The molecule has 0 aromatic heterocycles. The average Bonchev–Trinajstić information content (AvgIpc) is 2.69. The predicted molar refractivity (Wildman–Crippen MR) is 126 cm³/mol. The molecule has 0 aliphatic carbocycles.